The van der Waals surface area contributed by atoms with E-state index >= 15 is 0 Å². The zero-order valence-electron chi connectivity index (χ0n) is 8.29. The first kappa shape index (κ1) is 9.16. The summed E-state index contributed by atoms with van der Waals surface area (Å²) in [5, 5.41) is 3.41. The number of aryl methyl sites for hydroxylation is 1. The molecule has 1 aliphatic heterocycles. The summed E-state index contributed by atoms with van der Waals surface area (Å²) in [6.45, 7) is 6.72. The summed E-state index contributed by atoms with van der Waals surface area (Å²) in [5.74, 6) is 0. The van der Waals surface area contributed by atoms with Crippen LogP contribution in [0.25, 0.3) is 0 Å². The Bertz CT molecular complexity index is 282. The van der Waals surface area contributed by atoms with Gasteiger partial charge in [0.25, 0.3) is 0 Å². The van der Waals surface area contributed by atoms with Crippen LogP contribution in [0.3, 0.4) is 0 Å². The zero-order chi connectivity index (χ0) is 9.26. The molecule has 1 saturated heterocycles. The topological polar surface area (TPSA) is 16.1 Å². The largest absolute Gasteiger partial charge is 0.295 e. The minimum absolute atomic E-state index is 0.606. The van der Waals surface area contributed by atoms with Crippen LogP contribution in [0.5, 0.6) is 0 Å². The van der Waals surface area contributed by atoms with E-state index in [9.17, 15) is 0 Å². The van der Waals surface area contributed by atoms with Gasteiger partial charge in [0.1, 0.15) is 0 Å². The van der Waals surface area contributed by atoms with Gasteiger partial charge >= 0.3 is 0 Å². The lowest BCUT2D eigenvalue weighted by molar-refractivity contribution is 0.267. The predicted octanol–water partition coefficient (Wildman–Crippen LogP) is 2.61. The van der Waals surface area contributed by atoms with Gasteiger partial charge < -0.3 is 0 Å². The predicted molar refractivity (Wildman–Crippen MR) is 56.1 cm³/mol. The molecule has 1 aliphatic rings. The summed E-state index contributed by atoms with van der Waals surface area (Å²) in [6.07, 6.45) is 2.62. The van der Waals surface area contributed by atoms with E-state index in [0.29, 0.717) is 6.04 Å². The number of hydrogen-bond acceptors (Lipinski definition) is 3. The Labute approximate surface area is 83.6 Å². The third-order valence-electron chi connectivity index (χ3n) is 2.75. The maximum Gasteiger partial charge on any atom is 0.0898 e. The number of thiazole rings is 1. The van der Waals surface area contributed by atoms with E-state index < -0.39 is 0 Å². The van der Waals surface area contributed by atoms with Crippen molar-refractivity contribution in [3.8, 4) is 0 Å². The minimum Gasteiger partial charge on any atom is -0.295 e. The first-order chi connectivity index (χ1) is 6.31. The van der Waals surface area contributed by atoms with Crippen LogP contribution in [0.1, 0.15) is 36.5 Å². The van der Waals surface area contributed by atoms with Gasteiger partial charge in [-0.2, -0.15) is 0 Å². The number of rotatable bonds is 2. The summed E-state index contributed by atoms with van der Waals surface area (Å²) in [4.78, 5) is 7.09. The molecule has 0 radical (unpaired) electrons. The van der Waals surface area contributed by atoms with Crippen molar-refractivity contribution in [3.05, 3.63) is 16.1 Å². The molecule has 0 unspecified atom stereocenters. The van der Waals surface area contributed by atoms with Gasteiger partial charge in [-0.05, 0) is 32.9 Å². The second kappa shape index (κ2) is 3.76. The molecule has 2 nitrogen and oxygen atoms in total. The molecule has 1 atom stereocenters. The van der Waals surface area contributed by atoms with Crippen molar-refractivity contribution in [2.75, 3.05) is 13.1 Å². The van der Waals surface area contributed by atoms with Gasteiger partial charge in [-0.3, -0.25) is 4.90 Å². The van der Waals surface area contributed by atoms with Crippen molar-refractivity contribution in [2.45, 2.75) is 32.7 Å². The highest BCUT2D eigenvalue weighted by molar-refractivity contribution is 7.09. The van der Waals surface area contributed by atoms with Crippen LogP contribution in [-0.4, -0.2) is 23.0 Å². The monoisotopic (exact) mass is 196 g/mol. The number of aromatic nitrogens is 1. The molecule has 1 fully saturated rings. The zero-order valence-corrected chi connectivity index (χ0v) is 9.10. The molecule has 72 valence electrons. The third kappa shape index (κ3) is 1.76. The lowest BCUT2D eigenvalue weighted by Gasteiger charge is -2.20. The van der Waals surface area contributed by atoms with Crippen LogP contribution >= 0.6 is 11.3 Å². The Balaban J connectivity index is 2.15. The molecule has 1 aromatic heterocycles. The highest BCUT2D eigenvalue weighted by atomic mass is 32.1. The van der Waals surface area contributed by atoms with Crippen molar-refractivity contribution in [3.63, 3.8) is 0 Å². The van der Waals surface area contributed by atoms with Gasteiger partial charge in [0.2, 0.25) is 0 Å². The van der Waals surface area contributed by atoms with Gasteiger partial charge in [-0.1, -0.05) is 6.92 Å². The SMILES string of the molecule is CCN1CCC[C@@H]1c1csc(C)n1. The van der Waals surface area contributed by atoms with Gasteiger partial charge in [0.05, 0.1) is 16.7 Å². The average Bonchev–Trinajstić information content (AvgIpc) is 2.71. The molecule has 1 aromatic rings. The Morgan fingerprint density at radius 2 is 2.54 bits per heavy atom. The van der Waals surface area contributed by atoms with Crippen molar-refractivity contribution < 1.29 is 0 Å². The van der Waals surface area contributed by atoms with E-state index in [4.69, 9.17) is 0 Å². The minimum atomic E-state index is 0.606. The molecule has 2 rings (SSSR count). The lowest BCUT2D eigenvalue weighted by Crippen LogP contribution is -2.22. The fourth-order valence-corrected chi connectivity index (χ4v) is 2.73. The van der Waals surface area contributed by atoms with E-state index in [1.54, 1.807) is 11.3 Å². The fourth-order valence-electron chi connectivity index (χ4n) is 2.07. The maximum atomic E-state index is 4.57. The molecule has 0 saturated carbocycles. The van der Waals surface area contributed by atoms with Gasteiger partial charge in [-0.15, -0.1) is 11.3 Å². The van der Waals surface area contributed by atoms with Crippen LogP contribution in [-0.2, 0) is 0 Å². The molecule has 0 bridgehead atoms. The molecule has 2 heterocycles. The summed E-state index contributed by atoms with van der Waals surface area (Å²) in [6, 6.07) is 0.606. The van der Waals surface area contributed by atoms with Crippen LogP contribution in [0.15, 0.2) is 5.38 Å². The van der Waals surface area contributed by atoms with Crippen LogP contribution in [0.2, 0.25) is 0 Å². The van der Waals surface area contributed by atoms with Crippen molar-refractivity contribution in [2.24, 2.45) is 0 Å². The first-order valence-electron chi connectivity index (χ1n) is 4.97. The number of hydrogen-bond donors (Lipinski definition) is 0. The fraction of sp³-hybridized carbons (Fsp3) is 0.700. The Hall–Kier alpha value is -0.410. The summed E-state index contributed by atoms with van der Waals surface area (Å²) in [5.41, 5.74) is 1.29. The molecule has 0 aliphatic carbocycles. The smallest absolute Gasteiger partial charge is 0.0898 e. The molecular formula is C10H16N2S. The molecule has 0 spiro atoms. The normalized spacial score (nSPS) is 24.0. The summed E-state index contributed by atoms with van der Waals surface area (Å²) < 4.78 is 0. The summed E-state index contributed by atoms with van der Waals surface area (Å²) >= 11 is 1.77. The van der Waals surface area contributed by atoms with Crippen molar-refractivity contribution in [1.82, 2.24) is 9.88 Å². The van der Waals surface area contributed by atoms with E-state index in [-0.39, 0.29) is 0 Å². The first-order valence-corrected chi connectivity index (χ1v) is 5.85. The molecule has 3 heteroatoms. The second-order valence-corrected chi connectivity index (χ2v) is 4.64. The van der Waals surface area contributed by atoms with E-state index in [2.05, 4.69) is 29.1 Å². The Morgan fingerprint density at radius 3 is 3.15 bits per heavy atom. The van der Waals surface area contributed by atoms with Gasteiger partial charge in [-0.25, -0.2) is 4.98 Å². The van der Waals surface area contributed by atoms with Gasteiger partial charge in [0, 0.05) is 5.38 Å². The van der Waals surface area contributed by atoms with Crippen LogP contribution in [0.4, 0.5) is 0 Å². The van der Waals surface area contributed by atoms with Gasteiger partial charge in [0.15, 0.2) is 0 Å². The Morgan fingerprint density at radius 1 is 1.69 bits per heavy atom. The average molecular weight is 196 g/mol. The highest BCUT2D eigenvalue weighted by Crippen LogP contribution is 2.31. The van der Waals surface area contributed by atoms with Crippen molar-refractivity contribution >= 4 is 11.3 Å². The second-order valence-electron chi connectivity index (χ2n) is 3.58. The van der Waals surface area contributed by atoms with E-state index in [1.807, 2.05) is 0 Å². The molecule has 0 amide bonds. The molecule has 0 N–H and O–H groups in total. The highest BCUT2D eigenvalue weighted by Gasteiger charge is 2.25. The third-order valence-corrected chi connectivity index (χ3v) is 3.54. The van der Waals surface area contributed by atoms with E-state index in [0.717, 1.165) is 6.54 Å². The standard InChI is InChI=1S/C10H16N2S/c1-3-12-6-4-5-10(12)9-7-13-8(2)11-9/h7,10H,3-6H2,1-2H3/t10-/m1/s1. The Kier molecular flexibility index (Phi) is 2.65. The molecule has 0 aromatic carbocycles. The number of likely N-dealkylation sites (tertiary alicyclic amines) is 1. The van der Waals surface area contributed by atoms with Crippen LogP contribution in [0, 0.1) is 6.92 Å². The lowest BCUT2D eigenvalue weighted by atomic mass is 10.2. The van der Waals surface area contributed by atoms with Crippen LogP contribution < -0.4 is 0 Å². The summed E-state index contributed by atoms with van der Waals surface area (Å²) in [7, 11) is 0. The quantitative estimate of drug-likeness (QED) is 0.723. The molecule has 13 heavy (non-hydrogen) atoms. The maximum absolute atomic E-state index is 4.57. The number of nitrogens with zero attached hydrogens (tertiary/aromatic N) is 2. The van der Waals surface area contributed by atoms with Crippen molar-refractivity contribution in [1.29, 1.82) is 0 Å². The molecular weight excluding hydrogens is 180 g/mol. The van der Waals surface area contributed by atoms with E-state index in [1.165, 1.54) is 30.1 Å².